The van der Waals surface area contributed by atoms with Crippen molar-refractivity contribution >= 4 is 17.6 Å². The van der Waals surface area contributed by atoms with Crippen LogP contribution in [0.4, 0.5) is 5.82 Å². The highest BCUT2D eigenvalue weighted by molar-refractivity contribution is 5.96. The van der Waals surface area contributed by atoms with Gasteiger partial charge in [-0.05, 0) is 12.8 Å². The Bertz CT molecular complexity index is 451. The number of anilines is 1. The molecule has 0 bridgehead atoms. The second-order valence-electron chi connectivity index (χ2n) is 4.71. The molecule has 18 heavy (non-hydrogen) atoms. The van der Waals surface area contributed by atoms with Gasteiger partial charge in [-0.1, -0.05) is 13.8 Å². The molecular formula is C12H20N4O2. The third-order valence-electron chi connectivity index (χ3n) is 2.56. The Morgan fingerprint density at radius 3 is 2.39 bits per heavy atom. The van der Waals surface area contributed by atoms with E-state index in [1.54, 1.807) is 17.8 Å². The van der Waals surface area contributed by atoms with Gasteiger partial charge in [-0.25, -0.2) is 0 Å². The minimum Gasteiger partial charge on any atom is -0.344 e. The lowest BCUT2D eigenvalue weighted by Gasteiger charge is -2.20. The number of hydrogen-bond acceptors (Lipinski definition) is 3. The Kier molecular flexibility index (Phi) is 4.47. The van der Waals surface area contributed by atoms with Crippen molar-refractivity contribution in [2.75, 3.05) is 5.32 Å². The van der Waals surface area contributed by atoms with Gasteiger partial charge in [0.25, 0.3) is 0 Å². The highest BCUT2D eigenvalue weighted by atomic mass is 16.2. The number of rotatable bonds is 4. The lowest BCUT2D eigenvalue weighted by atomic mass is 10.0. The zero-order valence-corrected chi connectivity index (χ0v) is 11.4. The maximum atomic E-state index is 12.1. The van der Waals surface area contributed by atoms with Crippen LogP contribution in [0, 0.1) is 12.8 Å². The summed E-state index contributed by atoms with van der Waals surface area (Å²) in [5.74, 6) is 0.185. The van der Waals surface area contributed by atoms with Gasteiger partial charge in [0.2, 0.25) is 11.8 Å². The van der Waals surface area contributed by atoms with Gasteiger partial charge >= 0.3 is 0 Å². The molecule has 0 aliphatic carbocycles. The zero-order valence-electron chi connectivity index (χ0n) is 11.4. The van der Waals surface area contributed by atoms with E-state index >= 15 is 0 Å². The fourth-order valence-corrected chi connectivity index (χ4v) is 1.69. The molecule has 0 fully saturated rings. The Morgan fingerprint density at radius 1 is 1.39 bits per heavy atom. The Labute approximate surface area is 107 Å². The summed E-state index contributed by atoms with van der Waals surface area (Å²) in [6.07, 6.45) is 0. The van der Waals surface area contributed by atoms with Gasteiger partial charge in [0.05, 0.1) is 5.69 Å². The second-order valence-corrected chi connectivity index (χ2v) is 4.71. The van der Waals surface area contributed by atoms with Crippen molar-refractivity contribution in [3.63, 3.8) is 0 Å². The number of amides is 2. The molecule has 100 valence electrons. The second kappa shape index (κ2) is 5.66. The summed E-state index contributed by atoms with van der Waals surface area (Å²) in [7, 11) is 1.76. The molecule has 1 atom stereocenters. The average molecular weight is 252 g/mol. The van der Waals surface area contributed by atoms with Gasteiger partial charge in [0, 0.05) is 20.0 Å². The summed E-state index contributed by atoms with van der Waals surface area (Å²) in [4.78, 5) is 23.2. The van der Waals surface area contributed by atoms with E-state index in [1.165, 1.54) is 6.92 Å². The smallest absolute Gasteiger partial charge is 0.248 e. The summed E-state index contributed by atoms with van der Waals surface area (Å²) < 4.78 is 1.60. The minimum atomic E-state index is -0.544. The topological polar surface area (TPSA) is 76.0 Å². The van der Waals surface area contributed by atoms with Gasteiger partial charge in [-0.2, -0.15) is 5.10 Å². The number of nitrogens with zero attached hydrogens (tertiary/aromatic N) is 2. The van der Waals surface area contributed by atoms with Crippen molar-refractivity contribution in [2.45, 2.75) is 33.7 Å². The highest BCUT2D eigenvalue weighted by Crippen LogP contribution is 2.10. The van der Waals surface area contributed by atoms with Crippen molar-refractivity contribution in [1.29, 1.82) is 0 Å². The predicted octanol–water partition coefficient (Wildman–Crippen LogP) is 0.828. The van der Waals surface area contributed by atoms with E-state index in [0.717, 1.165) is 5.69 Å². The van der Waals surface area contributed by atoms with Crippen LogP contribution >= 0.6 is 0 Å². The summed E-state index contributed by atoms with van der Waals surface area (Å²) in [6.45, 7) is 7.02. The van der Waals surface area contributed by atoms with E-state index in [1.807, 2.05) is 20.8 Å². The van der Waals surface area contributed by atoms with Gasteiger partial charge in [0.1, 0.15) is 11.9 Å². The van der Waals surface area contributed by atoms with E-state index in [9.17, 15) is 9.59 Å². The molecule has 0 radical (unpaired) electrons. The Hall–Kier alpha value is -1.85. The average Bonchev–Trinajstić information content (AvgIpc) is 2.53. The first-order chi connectivity index (χ1) is 8.31. The SMILES string of the molecule is CC(=O)NC(C(=O)Nc1cc(C)nn1C)C(C)C. The third-order valence-corrected chi connectivity index (χ3v) is 2.56. The van der Waals surface area contributed by atoms with Crippen molar-refractivity contribution in [3.8, 4) is 0 Å². The monoisotopic (exact) mass is 252 g/mol. The van der Waals surface area contributed by atoms with Crippen LogP contribution in [-0.2, 0) is 16.6 Å². The summed E-state index contributed by atoms with van der Waals surface area (Å²) in [6, 6.07) is 1.24. The van der Waals surface area contributed by atoms with E-state index in [4.69, 9.17) is 0 Å². The fraction of sp³-hybridized carbons (Fsp3) is 0.583. The lowest BCUT2D eigenvalue weighted by molar-refractivity contribution is -0.126. The van der Waals surface area contributed by atoms with Crippen LogP contribution in [0.3, 0.4) is 0 Å². The first kappa shape index (κ1) is 14.2. The van der Waals surface area contributed by atoms with Crippen molar-refractivity contribution < 1.29 is 9.59 Å². The molecule has 6 heteroatoms. The number of nitrogens with one attached hydrogen (secondary N) is 2. The summed E-state index contributed by atoms with van der Waals surface area (Å²) in [5, 5.41) is 9.55. The van der Waals surface area contributed by atoms with E-state index in [0.29, 0.717) is 5.82 Å². The Morgan fingerprint density at radius 2 is 2.00 bits per heavy atom. The van der Waals surface area contributed by atoms with Crippen LogP contribution < -0.4 is 10.6 Å². The first-order valence-electron chi connectivity index (χ1n) is 5.90. The van der Waals surface area contributed by atoms with Gasteiger partial charge in [-0.15, -0.1) is 0 Å². The number of hydrogen-bond donors (Lipinski definition) is 2. The van der Waals surface area contributed by atoms with Crippen molar-refractivity contribution in [2.24, 2.45) is 13.0 Å². The van der Waals surface area contributed by atoms with Crippen LogP contribution in [0.1, 0.15) is 26.5 Å². The molecule has 2 N–H and O–H groups in total. The van der Waals surface area contributed by atoms with Crippen molar-refractivity contribution in [3.05, 3.63) is 11.8 Å². The molecule has 1 rings (SSSR count). The number of aromatic nitrogens is 2. The summed E-state index contributed by atoms with van der Waals surface area (Å²) >= 11 is 0. The number of carbonyl (C=O) groups is 2. The van der Waals surface area contributed by atoms with E-state index < -0.39 is 6.04 Å². The quantitative estimate of drug-likeness (QED) is 0.833. The van der Waals surface area contributed by atoms with E-state index in [-0.39, 0.29) is 17.7 Å². The molecular weight excluding hydrogens is 232 g/mol. The Balaban J connectivity index is 2.78. The number of aryl methyl sites for hydroxylation is 2. The van der Waals surface area contributed by atoms with Crippen LogP contribution in [0.2, 0.25) is 0 Å². The zero-order chi connectivity index (χ0) is 13.9. The molecule has 0 aliphatic rings. The molecule has 6 nitrogen and oxygen atoms in total. The molecule has 1 unspecified atom stereocenters. The normalized spacial score (nSPS) is 12.3. The van der Waals surface area contributed by atoms with Crippen LogP contribution in [0.15, 0.2) is 6.07 Å². The molecule has 1 aromatic heterocycles. The van der Waals surface area contributed by atoms with Gasteiger partial charge in [0.15, 0.2) is 0 Å². The number of carbonyl (C=O) groups excluding carboxylic acids is 2. The molecule has 2 amide bonds. The highest BCUT2D eigenvalue weighted by Gasteiger charge is 2.23. The first-order valence-corrected chi connectivity index (χ1v) is 5.90. The minimum absolute atomic E-state index is 0.0169. The summed E-state index contributed by atoms with van der Waals surface area (Å²) in [5.41, 5.74) is 0.827. The molecule has 1 heterocycles. The fourth-order valence-electron chi connectivity index (χ4n) is 1.69. The largest absolute Gasteiger partial charge is 0.344 e. The maximum Gasteiger partial charge on any atom is 0.248 e. The molecule has 0 saturated carbocycles. The lowest BCUT2D eigenvalue weighted by Crippen LogP contribution is -2.46. The van der Waals surface area contributed by atoms with Gasteiger partial charge in [-0.3, -0.25) is 14.3 Å². The third kappa shape index (κ3) is 3.58. The molecule has 0 aromatic carbocycles. The molecule has 0 aliphatic heterocycles. The van der Waals surface area contributed by atoms with Crippen LogP contribution in [-0.4, -0.2) is 27.6 Å². The maximum absolute atomic E-state index is 12.1. The van der Waals surface area contributed by atoms with Crippen molar-refractivity contribution in [1.82, 2.24) is 15.1 Å². The van der Waals surface area contributed by atoms with Crippen LogP contribution in [0.5, 0.6) is 0 Å². The standard InChI is InChI=1S/C12H20N4O2/c1-7(2)11(13-9(4)17)12(18)14-10-6-8(3)15-16(10)5/h6-7,11H,1-5H3,(H,13,17)(H,14,18). The molecule has 0 spiro atoms. The molecule has 0 saturated heterocycles. The van der Waals surface area contributed by atoms with E-state index in [2.05, 4.69) is 15.7 Å². The van der Waals surface area contributed by atoms with Gasteiger partial charge < -0.3 is 10.6 Å². The van der Waals surface area contributed by atoms with Crippen LogP contribution in [0.25, 0.3) is 0 Å². The predicted molar refractivity (Wildman–Crippen MR) is 69.0 cm³/mol. The molecule has 1 aromatic rings.